The number of hydrogen-bond donors (Lipinski definition) is 0. The van der Waals surface area contributed by atoms with Crippen LogP contribution < -0.4 is 0 Å². The van der Waals surface area contributed by atoms with Gasteiger partial charge in [0.15, 0.2) is 0 Å². The monoisotopic (exact) mass is 957 g/mol. The number of aryl methyl sites for hydroxylation is 2. The molecular formula is C42H37Cl2F12SiZr. The molecule has 0 nitrogen and oxygen atoms in total. The van der Waals surface area contributed by atoms with Gasteiger partial charge in [-0.05, 0) is 0 Å². The Balaban J connectivity index is 1.63. The first kappa shape index (κ1) is 44.7. The predicted octanol–water partition coefficient (Wildman–Crippen LogP) is 16.1. The molecule has 16 heteroatoms. The zero-order valence-corrected chi connectivity index (χ0v) is 37.0. The number of fused-ring (bicyclic) bond motifs is 2. The summed E-state index contributed by atoms with van der Waals surface area (Å²) < 4.78 is 167. The van der Waals surface area contributed by atoms with Gasteiger partial charge in [-0.15, -0.1) is 0 Å². The van der Waals surface area contributed by atoms with Crippen LogP contribution in [0.15, 0.2) is 71.8 Å². The summed E-state index contributed by atoms with van der Waals surface area (Å²) in [5.41, 5.74) is -1.87. The summed E-state index contributed by atoms with van der Waals surface area (Å²) in [6.07, 6.45) is -16.1. The van der Waals surface area contributed by atoms with Crippen molar-refractivity contribution in [3.8, 4) is 22.3 Å². The van der Waals surface area contributed by atoms with Gasteiger partial charge in [0.05, 0.1) is 0 Å². The molecule has 0 saturated heterocycles. The average molecular weight is 960 g/mol. The molecule has 2 aliphatic rings. The van der Waals surface area contributed by atoms with Crippen molar-refractivity contribution in [1.29, 1.82) is 0 Å². The van der Waals surface area contributed by atoms with Crippen LogP contribution in [-0.4, -0.2) is 5.92 Å². The van der Waals surface area contributed by atoms with Crippen molar-refractivity contribution in [2.45, 2.75) is 85.6 Å². The van der Waals surface area contributed by atoms with E-state index in [-0.39, 0.29) is 34.4 Å². The molecule has 0 N–H and O–H groups in total. The fraction of sp³-hybridized carbons (Fsp3) is 0.333. The van der Waals surface area contributed by atoms with Gasteiger partial charge >= 0.3 is 339 Å². The third kappa shape index (κ3) is 7.48. The van der Waals surface area contributed by atoms with E-state index in [0.29, 0.717) is 70.5 Å². The zero-order chi connectivity index (χ0) is 43.3. The Morgan fingerprint density at radius 3 is 1.05 bits per heavy atom. The van der Waals surface area contributed by atoms with Gasteiger partial charge in [0, 0.05) is 0 Å². The molecule has 0 fully saturated rings. The summed E-state index contributed by atoms with van der Waals surface area (Å²) in [5, 5.41) is 0. The standard InChI is InChI=1S/2C20H15F6.C2H7Si.2ClH.Zr/c2*1-3-12-6-13-5-4-11(2)18(17(13)7-12)14-8-15(19(21,22)23)10-16(9-14)20(24,25)26;1-3-2;;;/h2*4-10H,3H2,1-2H3;3H,1-2H3;2*1H;/q;;;;;+2/p-2. The molecule has 0 aliphatic heterocycles. The van der Waals surface area contributed by atoms with Gasteiger partial charge in [0.2, 0.25) is 0 Å². The number of halogens is 14. The van der Waals surface area contributed by atoms with Crippen molar-refractivity contribution in [2.75, 3.05) is 0 Å². The summed E-state index contributed by atoms with van der Waals surface area (Å²) in [7, 11) is 16.6. The van der Waals surface area contributed by atoms with Crippen LogP contribution in [0, 0.1) is 13.8 Å². The molecule has 2 aliphatic carbocycles. The minimum absolute atomic E-state index is 0.0753. The first-order valence-corrected chi connectivity index (χ1v) is 34.7. The van der Waals surface area contributed by atoms with Crippen molar-refractivity contribution >= 4 is 35.1 Å². The molecule has 0 amide bonds. The molecule has 2 atom stereocenters. The van der Waals surface area contributed by atoms with Gasteiger partial charge in [-0.1, -0.05) is 0 Å². The van der Waals surface area contributed by atoms with E-state index < -0.39 is 75.7 Å². The van der Waals surface area contributed by atoms with E-state index in [1.807, 2.05) is 26.9 Å². The maximum atomic E-state index is 14.1. The summed E-state index contributed by atoms with van der Waals surface area (Å²) in [6, 6.07) is 9.71. The molecular weight excluding hydrogens is 923 g/mol. The topological polar surface area (TPSA) is 0 Å². The first-order chi connectivity index (χ1) is 26.5. The quantitative estimate of drug-likeness (QED) is 0.128. The van der Waals surface area contributed by atoms with Crippen molar-refractivity contribution in [2.24, 2.45) is 0 Å². The molecule has 58 heavy (non-hydrogen) atoms. The molecule has 2 unspecified atom stereocenters. The molecule has 4 aromatic carbocycles. The van der Waals surface area contributed by atoms with Crippen LogP contribution in [0.2, 0.25) is 13.1 Å². The number of rotatable bonds is 7. The van der Waals surface area contributed by atoms with E-state index in [1.165, 1.54) is 0 Å². The van der Waals surface area contributed by atoms with Crippen LogP contribution in [0.5, 0.6) is 0 Å². The van der Waals surface area contributed by atoms with Gasteiger partial charge in [-0.2, -0.15) is 0 Å². The molecule has 311 valence electrons. The Bertz CT molecular complexity index is 2160. The number of alkyl halides is 12. The van der Waals surface area contributed by atoms with Gasteiger partial charge in [-0.25, -0.2) is 0 Å². The average Bonchev–Trinajstić information content (AvgIpc) is 3.69. The second kappa shape index (κ2) is 14.7. The van der Waals surface area contributed by atoms with Gasteiger partial charge in [0.25, 0.3) is 0 Å². The zero-order valence-electron chi connectivity index (χ0n) is 31.9. The summed E-state index contributed by atoms with van der Waals surface area (Å²) in [5.74, 6) is -2.31. The third-order valence-corrected chi connectivity index (χ3v) is 63.6. The van der Waals surface area contributed by atoms with E-state index in [9.17, 15) is 52.7 Å². The van der Waals surface area contributed by atoms with Crippen LogP contribution in [0.3, 0.4) is 0 Å². The fourth-order valence-corrected chi connectivity index (χ4v) is 40.7. The van der Waals surface area contributed by atoms with Gasteiger partial charge in [0.1, 0.15) is 0 Å². The molecule has 0 heterocycles. The van der Waals surface area contributed by atoms with Gasteiger partial charge in [-0.3, -0.25) is 0 Å². The maximum absolute atomic E-state index is 14.1. The van der Waals surface area contributed by atoms with Crippen LogP contribution in [0.4, 0.5) is 52.7 Å². The normalized spacial score (nSPS) is 18.2. The number of hydrogen-bond acceptors (Lipinski definition) is 0. The Morgan fingerprint density at radius 1 is 0.517 bits per heavy atom. The third-order valence-electron chi connectivity index (χ3n) is 11.8. The second-order valence-electron chi connectivity index (χ2n) is 15.5. The SMILES string of the molecule is CCC1=Cc2c(ccc(C)c2-c2cc(C(F)(F)F)cc(C(F)(F)F)c2)[CH]1[Zr]([Cl])([Cl])([CH]1C(CC)=Cc2c1ccc(C)c2-c1cc(C(F)(F)F)cc(C(F)(F)F)c1)[SiH](C)C. The number of benzene rings is 4. The van der Waals surface area contributed by atoms with E-state index in [2.05, 4.69) is 0 Å². The molecule has 4 aromatic rings. The first-order valence-electron chi connectivity index (χ1n) is 18.4. The molecule has 0 radical (unpaired) electrons. The second-order valence-corrected chi connectivity index (χ2v) is 58.0. The van der Waals surface area contributed by atoms with Crippen LogP contribution >= 0.6 is 17.0 Å². The van der Waals surface area contributed by atoms with Crippen LogP contribution in [0.25, 0.3) is 34.4 Å². The summed E-state index contributed by atoms with van der Waals surface area (Å²) in [4.78, 5) is 0. The molecule has 0 bridgehead atoms. The van der Waals surface area contributed by atoms with Crippen molar-refractivity contribution in [1.82, 2.24) is 0 Å². The Labute approximate surface area is 336 Å². The Hall–Kier alpha value is -2.80. The van der Waals surface area contributed by atoms with E-state index >= 15 is 0 Å². The number of allylic oxidation sites excluding steroid dienone is 2. The van der Waals surface area contributed by atoms with Crippen molar-refractivity contribution in [3.05, 3.63) is 127 Å². The Kier molecular flexibility index (Phi) is 11.3. The van der Waals surface area contributed by atoms with E-state index in [0.717, 1.165) is 11.1 Å². The van der Waals surface area contributed by atoms with Crippen LogP contribution in [-0.2, 0) is 40.3 Å². The van der Waals surface area contributed by atoms with E-state index in [4.69, 9.17) is 17.0 Å². The van der Waals surface area contributed by atoms with E-state index in [1.54, 1.807) is 50.3 Å². The van der Waals surface area contributed by atoms with Crippen LogP contribution in [0.1, 0.15) is 89.6 Å². The van der Waals surface area contributed by atoms with Crippen molar-refractivity contribution < 1.29 is 68.2 Å². The Morgan fingerprint density at radius 2 is 0.810 bits per heavy atom. The fourth-order valence-electron chi connectivity index (χ4n) is 8.95. The predicted molar refractivity (Wildman–Crippen MR) is 206 cm³/mol. The molecule has 0 aromatic heterocycles. The minimum atomic E-state index is -5.70. The molecule has 0 spiro atoms. The molecule has 0 saturated carbocycles. The molecule has 6 rings (SSSR count). The summed E-state index contributed by atoms with van der Waals surface area (Å²) in [6.45, 7) is 10.8. The van der Waals surface area contributed by atoms with Gasteiger partial charge < -0.3 is 0 Å². The van der Waals surface area contributed by atoms with Crippen molar-refractivity contribution in [3.63, 3.8) is 0 Å². The summed E-state index contributed by atoms with van der Waals surface area (Å²) >= 11 is -5.70.